The van der Waals surface area contributed by atoms with E-state index in [2.05, 4.69) is 51.0 Å². The number of amides is 1. The second-order valence-corrected chi connectivity index (χ2v) is 7.50. The number of thiocarbonyl (C=S) groups is 1. The van der Waals surface area contributed by atoms with Gasteiger partial charge in [-0.3, -0.25) is 20.3 Å². The summed E-state index contributed by atoms with van der Waals surface area (Å²) in [7, 11) is 1.79. The van der Waals surface area contributed by atoms with Gasteiger partial charge < -0.3 is 5.32 Å². The summed E-state index contributed by atoms with van der Waals surface area (Å²) >= 11 is 8.67. The minimum atomic E-state index is -0.324. The van der Waals surface area contributed by atoms with E-state index in [1.165, 1.54) is 12.8 Å². The number of hydrogen-bond acceptors (Lipinski definition) is 3. The number of halogens is 1. The highest BCUT2D eigenvalue weighted by Gasteiger charge is 2.27. The van der Waals surface area contributed by atoms with E-state index in [0.717, 1.165) is 12.1 Å². The predicted octanol–water partition coefficient (Wildman–Crippen LogP) is 2.42. The molecule has 8 heteroatoms. The molecule has 0 radical (unpaired) electrons. The fourth-order valence-corrected chi connectivity index (χ4v) is 3.61. The van der Waals surface area contributed by atoms with E-state index in [1.807, 2.05) is 6.92 Å². The highest BCUT2D eigenvalue weighted by molar-refractivity contribution is 9.10. The predicted molar refractivity (Wildman–Crippen MR) is 97.9 cm³/mol. The molecule has 1 aliphatic carbocycles. The van der Waals surface area contributed by atoms with Crippen molar-refractivity contribution in [3.8, 4) is 0 Å². The molecule has 3 atom stereocenters. The van der Waals surface area contributed by atoms with E-state index < -0.39 is 0 Å². The SMILES string of the molecule is Cc1c(Br)c(C(=O)NNC(=S)N[C@H]2CCC[C@@H](C)[C@@H]2C)nn1C. The van der Waals surface area contributed by atoms with Crippen LogP contribution in [0.15, 0.2) is 4.47 Å². The summed E-state index contributed by atoms with van der Waals surface area (Å²) < 4.78 is 2.34. The molecule has 2 rings (SSSR count). The topological polar surface area (TPSA) is 71.0 Å². The van der Waals surface area contributed by atoms with Crippen molar-refractivity contribution in [1.82, 2.24) is 25.9 Å². The minimum absolute atomic E-state index is 0.324. The van der Waals surface area contributed by atoms with Crippen LogP contribution in [0.5, 0.6) is 0 Å². The molecule has 0 bridgehead atoms. The number of nitrogens with zero attached hydrogens (tertiary/aromatic N) is 2. The van der Waals surface area contributed by atoms with Crippen LogP contribution in [0, 0.1) is 18.8 Å². The molecular weight excluding hydrogens is 378 g/mol. The molecular formula is C15H24BrN5OS. The Labute approximate surface area is 150 Å². The van der Waals surface area contributed by atoms with E-state index >= 15 is 0 Å². The van der Waals surface area contributed by atoms with Gasteiger partial charge in [0.25, 0.3) is 5.91 Å². The van der Waals surface area contributed by atoms with Gasteiger partial charge in [0.15, 0.2) is 10.8 Å². The summed E-state index contributed by atoms with van der Waals surface area (Å²) in [6.07, 6.45) is 3.58. The number of hydrazine groups is 1. The fourth-order valence-electron chi connectivity index (χ4n) is 2.89. The van der Waals surface area contributed by atoms with Crippen molar-refractivity contribution in [2.45, 2.75) is 46.1 Å². The summed E-state index contributed by atoms with van der Waals surface area (Å²) in [5, 5.41) is 7.92. The third kappa shape index (κ3) is 4.23. The zero-order valence-corrected chi connectivity index (χ0v) is 16.3. The van der Waals surface area contributed by atoms with Crippen LogP contribution >= 0.6 is 28.1 Å². The lowest BCUT2D eigenvalue weighted by Gasteiger charge is -2.35. The molecule has 1 aromatic rings. The van der Waals surface area contributed by atoms with Gasteiger partial charge >= 0.3 is 0 Å². The van der Waals surface area contributed by atoms with Crippen molar-refractivity contribution in [3.05, 3.63) is 15.9 Å². The average Bonchev–Trinajstić information content (AvgIpc) is 2.77. The lowest BCUT2D eigenvalue weighted by atomic mass is 9.78. The van der Waals surface area contributed by atoms with Crippen LogP contribution < -0.4 is 16.2 Å². The van der Waals surface area contributed by atoms with Crippen LogP contribution in [0.3, 0.4) is 0 Å². The maximum absolute atomic E-state index is 12.2. The van der Waals surface area contributed by atoms with Crippen LogP contribution in [0.4, 0.5) is 0 Å². The normalized spacial score (nSPS) is 24.1. The number of aryl methyl sites for hydroxylation is 1. The largest absolute Gasteiger partial charge is 0.358 e. The molecule has 23 heavy (non-hydrogen) atoms. The molecule has 1 fully saturated rings. The summed E-state index contributed by atoms with van der Waals surface area (Å²) in [4.78, 5) is 12.2. The highest BCUT2D eigenvalue weighted by atomic mass is 79.9. The standard InChI is InChI=1S/C15H24BrN5OS/c1-8-6-5-7-11(9(8)2)17-15(23)19-18-14(22)13-12(16)10(3)21(4)20-13/h8-9,11H,5-7H2,1-4H3,(H,18,22)(H2,17,19,23)/t8-,9+,11+/m1/s1. The van der Waals surface area contributed by atoms with Crippen LogP contribution in [0.25, 0.3) is 0 Å². The second-order valence-electron chi connectivity index (χ2n) is 6.30. The molecule has 0 saturated heterocycles. The first-order chi connectivity index (χ1) is 10.8. The third-order valence-electron chi connectivity index (χ3n) is 4.79. The van der Waals surface area contributed by atoms with E-state index in [9.17, 15) is 4.79 Å². The molecule has 0 spiro atoms. The minimum Gasteiger partial charge on any atom is -0.358 e. The molecule has 1 amide bonds. The average molecular weight is 402 g/mol. The van der Waals surface area contributed by atoms with Crippen molar-refractivity contribution in [2.24, 2.45) is 18.9 Å². The van der Waals surface area contributed by atoms with Gasteiger partial charge in [-0.2, -0.15) is 5.10 Å². The van der Waals surface area contributed by atoms with Crippen molar-refractivity contribution < 1.29 is 4.79 Å². The van der Waals surface area contributed by atoms with Crippen molar-refractivity contribution in [3.63, 3.8) is 0 Å². The van der Waals surface area contributed by atoms with E-state index in [0.29, 0.717) is 33.2 Å². The first kappa shape index (κ1) is 18.2. The van der Waals surface area contributed by atoms with Gasteiger partial charge in [-0.15, -0.1) is 0 Å². The van der Waals surface area contributed by atoms with Gasteiger partial charge in [-0.25, -0.2) is 0 Å². The summed E-state index contributed by atoms with van der Waals surface area (Å²) in [6.45, 7) is 6.41. The number of aromatic nitrogens is 2. The van der Waals surface area contributed by atoms with Crippen molar-refractivity contribution in [1.29, 1.82) is 0 Å². The zero-order chi connectivity index (χ0) is 17.1. The molecule has 0 aromatic carbocycles. The van der Waals surface area contributed by atoms with Gasteiger partial charge in [-0.1, -0.05) is 26.7 Å². The van der Waals surface area contributed by atoms with Crippen LogP contribution in [0.2, 0.25) is 0 Å². The lowest BCUT2D eigenvalue weighted by molar-refractivity contribution is 0.0936. The molecule has 3 N–H and O–H groups in total. The quantitative estimate of drug-likeness (QED) is 0.524. The first-order valence-electron chi connectivity index (χ1n) is 7.87. The van der Waals surface area contributed by atoms with Crippen molar-refractivity contribution in [2.75, 3.05) is 0 Å². The summed E-state index contributed by atoms with van der Waals surface area (Å²) in [5.41, 5.74) is 6.59. The first-order valence-corrected chi connectivity index (χ1v) is 9.07. The molecule has 0 unspecified atom stereocenters. The van der Waals surface area contributed by atoms with Gasteiger partial charge in [0.1, 0.15) is 0 Å². The smallest absolute Gasteiger partial charge is 0.291 e. The molecule has 1 aromatic heterocycles. The lowest BCUT2D eigenvalue weighted by Crippen LogP contribution is -2.52. The number of nitrogens with one attached hydrogen (secondary N) is 3. The molecule has 0 aliphatic heterocycles. The molecule has 1 heterocycles. The Morgan fingerprint density at radius 3 is 2.65 bits per heavy atom. The Bertz CT molecular complexity index is 603. The number of hydrogen-bond donors (Lipinski definition) is 3. The Kier molecular flexibility index (Phi) is 6.02. The Balaban J connectivity index is 1.86. The van der Waals surface area contributed by atoms with Crippen LogP contribution in [-0.2, 0) is 7.05 Å². The van der Waals surface area contributed by atoms with Crippen LogP contribution in [0.1, 0.15) is 49.3 Å². The summed E-state index contributed by atoms with van der Waals surface area (Å²) in [6, 6.07) is 0.347. The number of carbonyl (C=O) groups excluding carboxylic acids is 1. The number of rotatable bonds is 2. The van der Waals surface area contributed by atoms with Gasteiger partial charge in [-0.05, 0) is 53.3 Å². The Morgan fingerprint density at radius 1 is 1.35 bits per heavy atom. The second kappa shape index (κ2) is 7.61. The van der Waals surface area contributed by atoms with Gasteiger partial charge in [0.2, 0.25) is 0 Å². The zero-order valence-electron chi connectivity index (χ0n) is 13.9. The third-order valence-corrected chi connectivity index (χ3v) is 5.96. The molecule has 1 aliphatic rings. The van der Waals surface area contributed by atoms with Crippen LogP contribution in [-0.4, -0.2) is 26.8 Å². The monoisotopic (exact) mass is 401 g/mol. The summed E-state index contributed by atoms with van der Waals surface area (Å²) in [5.74, 6) is 0.924. The van der Waals surface area contributed by atoms with Gasteiger partial charge in [0.05, 0.1) is 10.2 Å². The van der Waals surface area contributed by atoms with E-state index in [-0.39, 0.29) is 5.91 Å². The van der Waals surface area contributed by atoms with Gasteiger partial charge in [0, 0.05) is 13.1 Å². The van der Waals surface area contributed by atoms with E-state index in [4.69, 9.17) is 12.2 Å². The molecule has 1 saturated carbocycles. The Hall–Kier alpha value is -1.15. The molecule has 128 valence electrons. The molecule has 6 nitrogen and oxygen atoms in total. The number of carbonyl (C=O) groups is 1. The highest BCUT2D eigenvalue weighted by Crippen LogP contribution is 2.29. The maximum Gasteiger partial charge on any atom is 0.291 e. The van der Waals surface area contributed by atoms with E-state index in [1.54, 1.807) is 11.7 Å². The Morgan fingerprint density at radius 2 is 2.04 bits per heavy atom. The fraction of sp³-hybridized carbons (Fsp3) is 0.667. The maximum atomic E-state index is 12.2. The van der Waals surface area contributed by atoms with Crippen molar-refractivity contribution >= 4 is 39.2 Å².